The van der Waals surface area contributed by atoms with Crippen molar-refractivity contribution >= 4 is 16.5 Å². The highest BCUT2D eigenvalue weighted by Gasteiger charge is 2.39. The number of hydrogen-bond donors (Lipinski definition) is 1. The van der Waals surface area contributed by atoms with Gasteiger partial charge in [-0.05, 0) is 43.4 Å². The second kappa shape index (κ2) is 4.95. The van der Waals surface area contributed by atoms with Crippen molar-refractivity contribution in [2.75, 3.05) is 11.4 Å². The Hall–Kier alpha value is -0.610. The number of nitrogens with two attached hydrogens (primary N) is 1. The molecule has 2 heterocycles. The quantitative estimate of drug-likeness (QED) is 0.856. The van der Waals surface area contributed by atoms with E-state index in [1.54, 1.807) is 0 Å². The van der Waals surface area contributed by atoms with Crippen LogP contribution in [0.3, 0.4) is 0 Å². The SMILES string of the molecule is CC1(C)Cc2nc(N3CCC4CCCCC43)sc2C(N)C1. The summed E-state index contributed by atoms with van der Waals surface area (Å²) in [4.78, 5) is 9.02. The van der Waals surface area contributed by atoms with Crippen LogP contribution in [0.2, 0.25) is 0 Å². The maximum Gasteiger partial charge on any atom is 0.186 e. The molecule has 1 saturated heterocycles. The van der Waals surface area contributed by atoms with Crippen molar-refractivity contribution in [1.82, 2.24) is 4.98 Å². The van der Waals surface area contributed by atoms with Crippen molar-refractivity contribution in [3.8, 4) is 0 Å². The number of rotatable bonds is 1. The van der Waals surface area contributed by atoms with E-state index in [-0.39, 0.29) is 6.04 Å². The van der Waals surface area contributed by atoms with Crippen LogP contribution in [0.5, 0.6) is 0 Å². The third kappa shape index (κ3) is 2.40. The topological polar surface area (TPSA) is 42.2 Å². The zero-order chi connectivity index (χ0) is 14.6. The number of nitrogens with zero attached hydrogens (tertiary/aromatic N) is 2. The minimum atomic E-state index is 0.194. The number of thiazole rings is 1. The van der Waals surface area contributed by atoms with Gasteiger partial charge in [0.05, 0.1) is 5.69 Å². The van der Waals surface area contributed by atoms with Gasteiger partial charge in [0.2, 0.25) is 0 Å². The first-order valence-electron chi connectivity index (χ1n) is 8.55. The molecule has 2 fully saturated rings. The van der Waals surface area contributed by atoms with Crippen molar-refractivity contribution in [2.45, 2.75) is 70.9 Å². The van der Waals surface area contributed by atoms with Crippen LogP contribution in [-0.2, 0) is 6.42 Å². The molecule has 3 nitrogen and oxygen atoms in total. The second-order valence-corrected chi connectivity index (χ2v) is 9.06. The lowest BCUT2D eigenvalue weighted by Crippen LogP contribution is -2.34. The van der Waals surface area contributed by atoms with Crippen LogP contribution < -0.4 is 10.6 Å². The third-order valence-corrected chi connectivity index (χ3v) is 6.99. The molecule has 4 heteroatoms. The largest absolute Gasteiger partial charge is 0.345 e. The summed E-state index contributed by atoms with van der Waals surface area (Å²) < 4.78 is 0. The molecule has 1 saturated carbocycles. The van der Waals surface area contributed by atoms with Crippen LogP contribution in [0.15, 0.2) is 0 Å². The van der Waals surface area contributed by atoms with Crippen molar-refractivity contribution in [1.29, 1.82) is 0 Å². The van der Waals surface area contributed by atoms with E-state index in [1.807, 2.05) is 11.3 Å². The van der Waals surface area contributed by atoms with Crippen LogP contribution >= 0.6 is 11.3 Å². The Bertz CT molecular complexity index is 536. The predicted molar refractivity (Wildman–Crippen MR) is 88.9 cm³/mol. The monoisotopic (exact) mass is 305 g/mol. The minimum Gasteiger partial charge on any atom is -0.345 e. The van der Waals surface area contributed by atoms with Gasteiger partial charge in [0.15, 0.2) is 5.13 Å². The summed E-state index contributed by atoms with van der Waals surface area (Å²) in [7, 11) is 0. The van der Waals surface area contributed by atoms with Gasteiger partial charge >= 0.3 is 0 Å². The molecule has 0 amide bonds. The molecule has 0 aromatic carbocycles. The molecule has 116 valence electrons. The van der Waals surface area contributed by atoms with Crippen molar-refractivity contribution in [3.63, 3.8) is 0 Å². The van der Waals surface area contributed by atoms with Gasteiger partial charge in [0.25, 0.3) is 0 Å². The Labute approximate surface area is 131 Å². The Kier molecular flexibility index (Phi) is 3.30. The normalized spacial score (nSPS) is 34.6. The number of fused-ring (bicyclic) bond motifs is 2. The van der Waals surface area contributed by atoms with Crippen LogP contribution in [0, 0.1) is 11.3 Å². The van der Waals surface area contributed by atoms with E-state index < -0.39 is 0 Å². The summed E-state index contributed by atoms with van der Waals surface area (Å²) in [5.41, 5.74) is 8.01. The molecule has 0 radical (unpaired) electrons. The number of anilines is 1. The zero-order valence-electron chi connectivity index (χ0n) is 13.3. The molecule has 2 N–H and O–H groups in total. The van der Waals surface area contributed by atoms with Crippen LogP contribution in [0.1, 0.15) is 69.0 Å². The summed E-state index contributed by atoms with van der Waals surface area (Å²) in [6.07, 6.45) is 9.18. The van der Waals surface area contributed by atoms with Gasteiger partial charge in [-0.3, -0.25) is 0 Å². The van der Waals surface area contributed by atoms with E-state index >= 15 is 0 Å². The molecule has 1 aromatic heterocycles. The molecular weight excluding hydrogens is 278 g/mol. The third-order valence-electron chi connectivity index (χ3n) is 5.73. The average Bonchev–Trinajstić information content (AvgIpc) is 3.00. The molecule has 0 spiro atoms. The summed E-state index contributed by atoms with van der Waals surface area (Å²) >= 11 is 1.89. The highest BCUT2D eigenvalue weighted by atomic mass is 32.1. The molecule has 1 aliphatic heterocycles. The minimum absolute atomic E-state index is 0.194. The van der Waals surface area contributed by atoms with Crippen molar-refractivity contribution in [2.24, 2.45) is 17.1 Å². The van der Waals surface area contributed by atoms with Crippen molar-refractivity contribution in [3.05, 3.63) is 10.6 Å². The fourth-order valence-electron chi connectivity index (χ4n) is 4.75. The van der Waals surface area contributed by atoms with Gasteiger partial charge in [-0.25, -0.2) is 4.98 Å². The number of hydrogen-bond acceptors (Lipinski definition) is 4. The standard InChI is InChI=1S/C17H27N3S/c1-17(2)9-12(18)15-13(10-17)19-16(21-15)20-8-7-11-5-3-4-6-14(11)20/h11-12,14H,3-10,18H2,1-2H3. The Morgan fingerprint density at radius 3 is 2.90 bits per heavy atom. The molecule has 4 rings (SSSR count). The van der Waals surface area contributed by atoms with Crippen molar-refractivity contribution < 1.29 is 0 Å². The molecular formula is C17H27N3S. The highest BCUT2D eigenvalue weighted by molar-refractivity contribution is 7.15. The van der Waals surface area contributed by atoms with E-state index in [1.165, 1.54) is 54.4 Å². The van der Waals surface area contributed by atoms with Gasteiger partial charge < -0.3 is 10.6 Å². The first kappa shape index (κ1) is 14.0. The van der Waals surface area contributed by atoms with Crippen LogP contribution in [0.25, 0.3) is 0 Å². The molecule has 21 heavy (non-hydrogen) atoms. The van der Waals surface area contributed by atoms with E-state index in [0.717, 1.165) is 24.8 Å². The lowest BCUT2D eigenvalue weighted by Gasteiger charge is -2.32. The average molecular weight is 305 g/mol. The van der Waals surface area contributed by atoms with E-state index in [4.69, 9.17) is 10.7 Å². The Balaban J connectivity index is 1.63. The number of aromatic nitrogens is 1. The van der Waals surface area contributed by atoms with Gasteiger partial charge in [-0.2, -0.15) is 0 Å². The molecule has 1 aromatic rings. The Morgan fingerprint density at radius 2 is 2.05 bits per heavy atom. The predicted octanol–water partition coefficient (Wildman–Crippen LogP) is 3.88. The first-order chi connectivity index (χ1) is 10.0. The summed E-state index contributed by atoms with van der Waals surface area (Å²) in [6, 6.07) is 0.954. The molecule has 2 aliphatic carbocycles. The molecule has 3 atom stereocenters. The summed E-state index contributed by atoms with van der Waals surface area (Å²) in [5, 5.41) is 1.27. The maximum absolute atomic E-state index is 6.42. The molecule has 3 aliphatic rings. The fourth-order valence-corrected chi connectivity index (χ4v) is 5.91. The van der Waals surface area contributed by atoms with Gasteiger partial charge in [0, 0.05) is 23.5 Å². The lowest BCUT2D eigenvalue weighted by molar-refractivity contribution is 0.282. The van der Waals surface area contributed by atoms with Gasteiger partial charge in [-0.1, -0.05) is 38.0 Å². The summed E-state index contributed by atoms with van der Waals surface area (Å²) in [6.45, 7) is 5.85. The van der Waals surface area contributed by atoms with Crippen LogP contribution in [-0.4, -0.2) is 17.6 Å². The fraction of sp³-hybridized carbons (Fsp3) is 0.824. The molecule has 0 bridgehead atoms. The van der Waals surface area contributed by atoms with Crippen LogP contribution in [0.4, 0.5) is 5.13 Å². The Morgan fingerprint density at radius 1 is 1.24 bits per heavy atom. The van der Waals surface area contributed by atoms with Gasteiger partial charge in [0.1, 0.15) is 0 Å². The lowest BCUT2D eigenvalue weighted by atomic mass is 9.77. The maximum atomic E-state index is 6.42. The first-order valence-corrected chi connectivity index (χ1v) is 9.37. The highest BCUT2D eigenvalue weighted by Crippen LogP contribution is 2.46. The van der Waals surface area contributed by atoms with E-state index in [2.05, 4.69) is 18.7 Å². The van der Waals surface area contributed by atoms with E-state index in [0.29, 0.717) is 5.41 Å². The summed E-state index contributed by atoms with van der Waals surface area (Å²) in [5.74, 6) is 0.921. The molecule has 3 unspecified atom stereocenters. The zero-order valence-corrected chi connectivity index (χ0v) is 14.1. The van der Waals surface area contributed by atoms with E-state index in [9.17, 15) is 0 Å². The second-order valence-electron chi connectivity index (χ2n) is 8.05. The van der Waals surface area contributed by atoms with Gasteiger partial charge in [-0.15, -0.1) is 0 Å². The smallest absolute Gasteiger partial charge is 0.186 e.